The van der Waals surface area contributed by atoms with E-state index < -0.39 is 16.5 Å². The average Bonchev–Trinajstić information content (AvgIpc) is 2.63. The zero-order valence-corrected chi connectivity index (χ0v) is 14.0. The maximum absolute atomic E-state index is 13.8. The number of rotatable bonds is 2. The van der Waals surface area contributed by atoms with E-state index >= 15 is 0 Å². The van der Waals surface area contributed by atoms with Gasteiger partial charge in [-0.3, -0.25) is 0 Å². The molecule has 96 valence electrons. The van der Waals surface area contributed by atoms with E-state index in [0.717, 1.165) is 21.5 Å². The fourth-order valence-corrected chi connectivity index (χ4v) is 4.02. The van der Waals surface area contributed by atoms with Gasteiger partial charge in [0, 0.05) is 14.9 Å². The van der Waals surface area contributed by atoms with Crippen LogP contribution >= 0.6 is 66.4 Å². The van der Waals surface area contributed by atoms with Crippen molar-refractivity contribution in [2.45, 2.75) is 4.83 Å². The highest BCUT2D eigenvalue weighted by Gasteiger charge is 2.20. The SMILES string of the molecule is Fc1cc(C(Br)c2cc(Br)c(Cl)s2)c(F)cc1Cl. The second kappa shape index (κ2) is 5.75. The molecule has 1 aromatic carbocycles. The Hall–Kier alpha value is 0.320. The topological polar surface area (TPSA) is 0 Å². The lowest BCUT2D eigenvalue weighted by molar-refractivity contribution is 0.589. The van der Waals surface area contributed by atoms with Crippen molar-refractivity contribution in [3.63, 3.8) is 0 Å². The minimum absolute atomic E-state index is 0.183. The van der Waals surface area contributed by atoms with E-state index in [4.69, 9.17) is 23.2 Å². The van der Waals surface area contributed by atoms with Crippen LogP contribution in [-0.2, 0) is 0 Å². The number of thiophene rings is 1. The van der Waals surface area contributed by atoms with Gasteiger partial charge in [0.15, 0.2) is 0 Å². The van der Waals surface area contributed by atoms with Crippen LogP contribution in [0.5, 0.6) is 0 Å². The van der Waals surface area contributed by atoms with E-state index in [1.54, 1.807) is 6.07 Å². The molecule has 2 rings (SSSR count). The van der Waals surface area contributed by atoms with Crippen LogP contribution < -0.4 is 0 Å². The van der Waals surface area contributed by atoms with Gasteiger partial charge in [-0.05, 0) is 34.1 Å². The predicted octanol–water partition coefficient (Wildman–Crippen LogP) is 6.58. The maximum Gasteiger partial charge on any atom is 0.142 e. The first-order valence-corrected chi connectivity index (χ1v) is 7.91. The van der Waals surface area contributed by atoms with Crippen molar-refractivity contribution in [3.05, 3.63) is 54.1 Å². The van der Waals surface area contributed by atoms with Crippen LogP contribution in [0.25, 0.3) is 0 Å². The van der Waals surface area contributed by atoms with Gasteiger partial charge in [0.25, 0.3) is 0 Å². The Bertz CT molecular complexity index is 581. The van der Waals surface area contributed by atoms with Crippen LogP contribution in [0.1, 0.15) is 15.3 Å². The van der Waals surface area contributed by atoms with Crippen LogP contribution in [-0.4, -0.2) is 0 Å². The fraction of sp³-hybridized carbons (Fsp3) is 0.0909. The molecule has 1 heterocycles. The second-order valence-corrected chi connectivity index (χ2v) is 7.28. The quantitative estimate of drug-likeness (QED) is 0.368. The van der Waals surface area contributed by atoms with E-state index in [2.05, 4.69) is 31.9 Å². The lowest BCUT2D eigenvalue weighted by Crippen LogP contribution is -1.96. The number of alkyl halides is 1. The summed E-state index contributed by atoms with van der Waals surface area (Å²) in [6.45, 7) is 0. The Morgan fingerprint density at radius 1 is 1.11 bits per heavy atom. The monoisotopic (exact) mass is 434 g/mol. The summed E-state index contributed by atoms with van der Waals surface area (Å²) in [6.07, 6.45) is 0. The molecule has 0 fully saturated rings. The molecule has 0 bridgehead atoms. The fourth-order valence-electron chi connectivity index (χ4n) is 1.37. The van der Waals surface area contributed by atoms with Gasteiger partial charge in [-0.15, -0.1) is 11.3 Å². The summed E-state index contributed by atoms with van der Waals surface area (Å²) >= 11 is 19.3. The van der Waals surface area contributed by atoms with Crippen LogP contribution in [0.15, 0.2) is 22.7 Å². The molecule has 1 unspecified atom stereocenters. The summed E-state index contributed by atoms with van der Waals surface area (Å²) in [5, 5.41) is -0.235. The van der Waals surface area contributed by atoms with E-state index in [0.29, 0.717) is 4.34 Å². The molecule has 7 heteroatoms. The molecule has 0 N–H and O–H groups in total. The van der Waals surface area contributed by atoms with Crippen LogP contribution in [0.2, 0.25) is 9.36 Å². The third kappa shape index (κ3) is 2.90. The molecule has 18 heavy (non-hydrogen) atoms. The van der Waals surface area contributed by atoms with Crippen LogP contribution in [0.3, 0.4) is 0 Å². The van der Waals surface area contributed by atoms with Gasteiger partial charge in [0.1, 0.15) is 16.0 Å². The van der Waals surface area contributed by atoms with Gasteiger partial charge in [-0.25, -0.2) is 8.78 Å². The van der Waals surface area contributed by atoms with Gasteiger partial charge in [-0.2, -0.15) is 0 Å². The average molecular weight is 437 g/mol. The first kappa shape index (κ1) is 14.7. The Balaban J connectivity index is 2.45. The van der Waals surface area contributed by atoms with Crippen molar-refractivity contribution < 1.29 is 8.78 Å². The standard InChI is InChI=1S/C11H4Br2Cl2F2S/c12-5-2-9(18-11(5)15)10(13)4-1-8(17)6(14)3-7(4)16/h1-3,10H. The highest BCUT2D eigenvalue weighted by atomic mass is 79.9. The summed E-state index contributed by atoms with van der Waals surface area (Å²) in [5.74, 6) is -1.22. The van der Waals surface area contributed by atoms with Gasteiger partial charge in [0.05, 0.1) is 9.85 Å². The summed E-state index contributed by atoms with van der Waals surface area (Å²) in [7, 11) is 0. The number of benzene rings is 1. The summed E-state index contributed by atoms with van der Waals surface area (Å²) in [4.78, 5) is 0.297. The van der Waals surface area contributed by atoms with Crippen molar-refractivity contribution >= 4 is 66.4 Å². The zero-order chi connectivity index (χ0) is 13.4. The highest BCUT2D eigenvalue weighted by molar-refractivity contribution is 9.10. The van der Waals surface area contributed by atoms with E-state index in [1.807, 2.05) is 0 Å². The number of hydrogen-bond donors (Lipinski definition) is 0. The van der Waals surface area contributed by atoms with Crippen molar-refractivity contribution in [2.24, 2.45) is 0 Å². The Morgan fingerprint density at radius 3 is 2.33 bits per heavy atom. The first-order valence-electron chi connectivity index (χ1n) is 4.63. The van der Waals surface area contributed by atoms with Gasteiger partial charge in [0.2, 0.25) is 0 Å². The zero-order valence-electron chi connectivity index (χ0n) is 8.49. The smallest absolute Gasteiger partial charge is 0.142 e. The normalized spacial score (nSPS) is 12.8. The predicted molar refractivity (Wildman–Crippen MR) is 79.2 cm³/mol. The van der Waals surface area contributed by atoms with E-state index in [1.165, 1.54) is 11.3 Å². The third-order valence-corrected chi connectivity index (χ3v) is 6.35. The van der Waals surface area contributed by atoms with Crippen LogP contribution in [0, 0.1) is 11.6 Å². The highest BCUT2D eigenvalue weighted by Crippen LogP contribution is 2.42. The summed E-state index contributed by atoms with van der Waals surface area (Å²) < 4.78 is 28.4. The molecule has 0 spiro atoms. The minimum atomic E-state index is -0.653. The van der Waals surface area contributed by atoms with Crippen molar-refractivity contribution in [2.75, 3.05) is 0 Å². The molecule has 0 saturated carbocycles. The van der Waals surface area contributed by atoms with E-state index in [9.17, 15) is 8.78 Å². The van der Waals surface area contributed by atoms with Gasteiger partial charge >= 0.3 is 0 Å². The molecule has 0 aliphatic carbocycles. The first-order chi connectivity index (χ1) is 8.40. The Labute approximate surface area is 133 Å². The Kier molecular flexibility index (Phi) is 4.70. The molecule has 1 atom stereocenters. The minimum Gasteiger partial charge on any atom is -0.207 e. The lowest BCUT2D eigenvalue weighted by atomic mass is 10.1. The summed E-state index contributed by atoms with van der Waals surface area (Å²) in [5.41, 5.74) is 0.183. The largest absolute Gasteiger partial charge is 0.207 e. The summed E-state index contributed by atoms with van der Waals surface area (Å²) in [6, 6.07) is 3.81. The molecular weight excluding hydrogens is 433 g/mol. The number of hydrogen-bond acceptors (Lipinski definition) is 1. The molecule has 0 nitrogen and oxygen atoms in total. The lowest BCUT2D eigenvalue weighted by Gasteiger charge is -2.10. The van der Waals surface area contributed by atoms with Gasteiger partial charge < -0.3 is 0 Å². The maximum atomic E-state index is 13.8. The number of halogens is 6. The van der Waals surface area contributed by atoms with Crippen molar-refractivity contribution in [3.8, 4) is 0 Å². The second-order valence-electron chi connectivity index (χ2n) is 3.42. The van der Waals surface area contributed by atoms with Crippen molar-refractivity contribution in [1.82, 2.24) is 0 Å². The molecule has 0 aliphatic heterocycles. The molecule has 2 aromatic rings. The molecule has 1 aromatic heterocycles. The Morgan fingerprint density at radius 2 is 1.78 bits per heavy atom. The third-order valence-electron chi connectivity index (χ3n) is 2.23. The molecule has 0 radical (unpaired) electrons. The molecule has 0 saturated heterocycles. The molecular formula is C11H4Br2Cl2F2S. The molecule has 0 aliphatic rings. The van der Waals surface area contributed by atoms with Crippen LogP contribution in [0.4, 0.5) is 8.78 Å². The van der Waals surface area contributed by atoms with Crippen molar-refractivity contribution in [1.29, 1.82) is 0 Å². The molecule has 0 amide bonds. The van der Waals surface area contributed by atoms with Gasteiger partial charge in [-0.1, -0.05) is 39.1 Å². The van der Waals surface area contributed by atoms with E-state index in [-0.39, 0.29) is 10.6 Å².